The largest absolute Gasteiger partial charge is 0.452 e. The minimum absolute atomic E-state index is 0.163. The highest BCUT2D eigenvalue weighted by molar-refractivity contribution is 6.15. The van der Waals surface area contributed by atoms with Crippen LogP contribution >= 0.6 is 0 Å². The monoisotopic (exact) mass is 398 g/mol. The number of rotatable bonds is 5. The molecule has 0 atom stereocenters. The van der Waals surface area contributed by atoms with Crippen LogP contribution in [-0.4, -0.2) is 11.8 Å². The van der Waals surface area contributed by atoms with Crippen molar-refractivity contribution in [1.82, 2.24) is 0 Å². The zero-order chi connectivity index (χ0) is 21.1. The third kappa shape index (κ3) is 4.18. The zero-order valence-corrected chi connectivity index (χ0v) is 17.0. The zero-order valence-electron chi connectivity index (χ0n) is 17.0. The van der Waals surface area contributed by atoms with Crippen molar-refractivity contribution in [1.29, 1.82) is 0 Å². The van der Waals surface area contributed by atoms with Crippen LogP contribution in [0.25, 0.3) is 6.08 Å². The number of esters is 1. The summed E-state index contributed by atoms with van der Waals surface area (Å²) >= 11 is 0. The molecule has 150 valence electrons. The number of Topliss-reactive ketones (excluding diaryl/α,β-unsaturated/α-hetero) is 1. The molecule has 1 aliphatic heterocycles. The maximum atomic E-state index is 12.8. The number of fused-ring (bicyclic) bond motifs is 1. The van der Waals surface area contributed by atoms with Crippen LogP contribution in [-0.2, 0) is 17.6 Å². The molecule has 0 fully saturated rings. The average molecular weight is 398 g/mol. The van der Waals surface area contributed by atoms with Crippen LogP contribution in [0.2, 0.25) is 0 Å². The maximum Gasteiger partial charge on any atom is 0.315 e. The first kappa shape index (κ1) is 19.6. The number of benzene rings is 3. The molecule has 4 heteroatoms. The highest BCUT2D eigenvalue weighted by atomic mass is 16.5. The van der Waals surface area contributed by atoms with Crippen LogP contribution in [0, 0.1) is 6.92 Å². The Balaban J connectivity index is 1.53. The molecule has 4 rings (SSSR count). The Morgan fingerprint density at radius 2 is 1.73 bits per heavy atom. The summed E-state index contributed by atoms with van der Waals surface area (Å²) in [7, 11) is 0. The predicted octanol–water partition coefficient (Wildman–Crippen LogP) is 5.32. The summed E-state index contributed by atoms with van der Waals surface area (Å²) in [5.74, 6) is 0.526. The Bertz CT molecular complexity index is 1130. The molecule has 3 aromatic carbocycles. The summed E-state index contributed by atoms with van der Waals surface area (Å²) in [6, 6.07) is 20.7. The van der Waals surface area contributed by atoms with Crippen molar-refractivity contribution in [2.45, 2.75) is 26.7 Å². The van der Waals surface area contributed by atoms with Crippen molar-refractivity contribution in [3.8, 4) is 11.5 Å². The second-order valence-corrected chi connectivity index (χ2v) is 7.28. The third-order valence-electron chi connectivity index (χ3n) is 5.05. The number of hydrogen-bond acceptors (Lipinski definition) is 4. The normalized spacial score (nSPS) is 13.8. The van der Waals surface area contributed by atoms with Gasteiger partial charge in [-0.3, -0.25) is 9.59 Å². The van der Waals surface area contributed by atoms with Crippen molar-refractivity contribution < 1.29 is 19.1 Å². The fourth-order valence-electron chi connectivity index (χ4n) is 3.47. The van der Waals surface area contributed by atoms with Crippen LogP contribution in [0.3, 0.4) is 0 Å². The van der Waals surface area contributed by atoms with E-state index in [2.05, 4.69) is 6.92 Å². The van der Waals surface area contributed by atoms with E-state index in [1.807, 2.05) is 61.5 Å². The van der Waals surface area contributed by atoms with Gasteiger partial charge < -0.3 is 9.47 Å². The molecule has 0 bridgehead atoms. The minimum atomic E-state index is -0.364. The van der Waals surface area contributed by atoms with E-state index < -0.39 is 0 Å². The number of ether oxygens (including phenoxy) is 2. The van der Waals surface area contributed by atoms with E-state index >= 15 is 0 Å². The minimum Gasteiger partial charge on any atom is -0.452 e. The SMILES string of the molecule is CCc1ccc(/C=C2\Oc3cc(OC(=O)Cc4ccccc4)cc(C)c3C2=O)cc1. The Morgan fingerprint density at radius 1 is 1.00 bits per heavy atom. The first-order chi connectivity index (χ1) is 14.5. The molecule has 4 nitrogen and oxygen atoms in total. The molecule has 0 saturated heterocycles. The number of aryl methyl sites for hydroxylation is 2. The van der Waals surface area contributed by atoms with Gasteiger partial charge in [0, 0.05) is 6.07 Å². The summed E-state index contributed by atoms with van der Waals surface area (Å²) in [6.07, 6.45) is 2.88. The highest BCUT2D eigenvalue weighted by Crippen LogP contribution is 2.37. The molecule has 30 heavy (non-hydrogen) atoms. The van der Waals surface area contributed by atoms with E-state index in [1.165, 1.54) is 5.56 Å². The lowest BCUT2D eigenvalue weighted by Crippen LogP contribution is -2.11. The molecule has 0 N–H and O–H groups in total. The molecule has 0 aromatic heterocycles. The molecular formula is C26H22O4. The topological polar surface area (TPSA) is 52.6 Å². The van der Waals surface area contributed by atoms with Gasteiger partial charge in [0.25, 0.3) is 0 Å². The number of hydrogen-bond donors (Lipinski definition) is 0. The maximum absolute atomic E-state index is 12.8. The fraction of sp³-hybridized carbons (Fsp3) is 0.154. The fourth-order valence-corrected chi connectivity index (χ4v) is 3.47. The van der Waals surface area contributed by atoms with E-state index in [1.54, 1.807) is 18.2 Å². The van der Waals surface area contributed by atoms with Gasteiger partial charge in [0.15, 0.2) is 5.76 Å². The van der Waals surface area contributed by atoms with Gasteiger partial charge in [-0.25, -0.2) is 0 Å². The molecule has 1 aliphatic rings. The van der Waals surface area contributed by atoms with Crippen molar-refractivity contribution in [2.24, 2.45) is 0 Å². The molecule has 0 unspecified atom stereocenters. The molecular weight excluding hydrogens is 376 g/mol. The second kappa shape index (κ2) is 8.37. The van der Waals surface area contributed by atoms with Gasteiger partial charge in [-0.1, -0.05) is 61.5 Å². The lowest BCUT2D eigenvalue weighted by atomic mass is 10.0. The van der Waals surface area contributed by atoms with Crippen LogP contribution < -0.4 is 9.47 Å². The highest BCUT2D eigenvalue weighted by Gasteiger charge is 2.30. The number of allylic oxidation sites excluding steroid dienone is 1. The average Bonchev–Trinajstić information content (AvgIpc) is 3.04. The summed E-state index contributed by atoms with van der Waals surface area (Å²) in [5.41, 5.74) is 4.23. The van der Waals surface area contributed by atoms with Gasteiger partial charge in [0.05, 0.1) is 12.0 Å². The molecule has 0 saturated carbocycles. The van der Waals surface area contributed by atoms with Crippen LogP contribution in [0.1, 0.15) is 39.5 Å². The number of carbonyl (C=O) groups is 2. The van der Waals surface area contributed by atoms with E-state index in [0.717, 1.165) is 17.5 Å². The van der Waals surface area contributed by atoms with Gasteiger partial charge in [0.2, 0.25) is 5.78 Å². The predicted molar refractivity (Wildman–Crippen MR) is 116 cm³/mol. The summed E-state index contributed by atoms with van der Waals surface area (Å²) in [4.78, 5) is 25.1. The van der Waals surface area contributed by atoms with Crippen molar-refractivity contribution in [3.05, 3.63) is 100 Å². The van der Waals surface area contributed by atoms with Gasteiger partial charge in [-0.2, -0.15) is 0 Å². The van der Waals surface area contributed by atoms with E-state index in [4.69, 9.17) is 9.47 Å². The quantitative estimate of drug-likeness (QED) is 0.331. The van der Waals surface area contributed by atoms with Crippen molar-refractivity contribution in [2.75, 3.05) is 0 Å². The van der Waals surface area contributed by atoms with Gasteiger partial charge in [0.1, 0.15) is 11.5 Å². The van der Waals surface area contributed by atoms with Crippen molar-refractivity contribution in [3.63, 3.8) is 0 Å². The van der Waals surface area contributed by atoms with Crippen LogP contribution in [0.15, 0.2) is 72.5 Å². The van der Waals surface area contributed by atoms with Gasteiger partial charge in [-0.15, -0.1) is 0 Å². The van der Waals surface area contributed by atoms with Gasteiger partial charge in [-0.05, 0) is 47.7 Å². The summed E-state index contributed by atoms with van der Waals surface area (Å²) < 4.78 is 11.3. The van der Waals surface area contributed by atoms with E-state index in [9.17, 15) is 9.59 Å². The third-order valence-corrected chi connectivity index (χ3v) is 5.05. The van der Waals surface area contributed by atoms with E-state index in [-0.39, 0.29) is 23.9 Å². The Hall–Kier alpha value is -3.66. The lowest BCUT2D eigenvalue weighted by Gasteiger charge is -2.08. The molecule has 1 heterocycles. The standard InChI is InChI=1S/C26H22O4/c1-3-18-9-11-20(12-10-18)14-23-26(28)25-17(2)13-21(16-22(25)30-23)29-24(27)15-19-7-5-4-6-8-19/h4-14,16H,3,15H2,1-2H3/b23-14-. The molecule has 0 amide bonds. The lowest BCUT2D eigenvalue weighted by molar-refractivity contribution is -0.133. The Labute approximate surface area is 175 Å². The van der Waals surface area contributed by atoms with E-state index in [0.29, 0.717) is 22.6 Å². The number of carbonyl (C=O) groups excluding carboxylic acids is 2. The van der Waals surface area contributed by atoms with Crippen LogP contribution in [0.5, 0.6) is 11.5 Å². The molecule has 3 aromatic rings. The Kier molecular flexibility index (Phi) is 5.48. The molecule has 0 spiro atoms. The summed E-state index contributed by atoms with van der Waals surface area (Å²) in [5, 5.41) is 0. The molecule has 0 aliphatic carbocycles. The first-order valence-corrected chi connectivity index (χ1v) is 9.96. The van der Waals surface area contributed by atoms with Gasteiger partial charge >= 0.3 is 5.97 Å². The summed E-state index contributed by atoms with van der Waals surface area (Å²) in [6.45, 7) is 3.91. The Morgan fingerprint density at radius 3 is 2.43 bits per heavy atom. The first-order valence-electron chi connectivity index (χ1n) is 9.96. The number of ketones is 1. The second-order valence-electron chi connectivity index (χ2n) is 7.28. The van der Waals surface area contributed by atoms with Crippen molar-refractivity contribution >= 4 is 17.8 Å². The smallest absolute Gasteiger partial charge is 0.315 e. The molecule has 0 radical (unpaired) electrons. The van der Waals surface area contributed by atoms with Crippen LogP contribution in [0.4, 0.5) is 0 Å².